The number of nitrogens with one attached hydrogen (secondary N) is 3. The summed E-state index contributed by atoms with van der Waals surface area (Å²) in [7, 11) is 2.70. The number of likely N-dealkylation sites (tertiary alicyclic amines) is 2. The van der Waals surface area contributed by atoms with E-state index in [1.807, 2.05) is 52.0 Å². The number of aromatic nitrogens is 4. The number of carboxylic acid groups (broad SMARTS) is 1. The zero-order valence-electron chi connectivity index (χ0n) is 36.5. The highest BCUT2D eigenvalue weighted by atomic mass is 19.1. The summed E-state index contributed by atoms with van der Waals surface area (Å²) in [5.74, 6) is -0.650. The fraction of sp³-hybridized carbons (Fsp3) is 0.478. The number of alkyl carbamates (subject to hydrolysis) is 1. The van der Waals surface area contributed by atoms with Crippen molar-refractivity contribution in [1.29, 1.82) is 0 Å². The van der Waals surface area contributed by atoms with Gasteiger partial charge in [-0.2, -0.15) is 0 Å². The number of anilines is 1. The molecule has 3 aromatic carbocycles. The van der Waals surface area contributed by atoms with Crippen LogP contribution in [-0.2, 0) is 14.3 Å². The minimum Gasteiger partial charge on any atom is -0.505 e. The minimum absolute atomic E-state index is 0.159. The van der Waals surface area contributed by atoms with E-state index in [4.69, 9.17) is 14.7 Å². The van der Waals surface area contributed by atoms with Crippen molar-refractivity contribution in [2.45, 2.75) is 102 Å². The third-order valence-electron chi connectivity index (χ3n) is 13.1. The van der Waals surface area contributed by atoms with Crippen LogP contribution >= 0.6 is 0 Å². The maximum atomic E-state index is 15.1. The number of H-pyrrole nitrogens is 2. The van der Waals surface area contributed by atoms with Gasteiger partial charge in [-0.3, -0.25) is 14.5 Å². The molecule has 0 bridgehead atoms. The lowest BCUT2D eigenvalue weighted by atomic mass is 10.0. The Hall–Kier alpha value is -6.39. The number of carbonyl (C=O) groups excluding carboxylic acids is 3. The van der Waals surface area contributed by atoms with Crippen molar-refractivity contribution >= 4 is 51.8 Å². The fourth-order valence-corrected chi connectivity index (χ4v) is 10.0. The van der Waals surface area contributed by atoms with Gasteiger partial charge in [0.05, 0.1) is 53.3 Å². The van der Waals surface area contributed by atoms with Crippen LogP contribution in [0.1, 0.15) is 113 Å². The molecule has 0 radical (unpaired) electrons. The van der Waals surface area contributed by atoms with Crippen LogP contribution in [0.15, 0.2) is 54.6 Å². The van der Waals surface area contributed by atoms with Gasteiger partial charge in [0.1, 0.15) is 23.7 Å². The maximum Gasteiger partial charge on any atom is 0.407 e. The number of benzene rings is 3. The van der Waals surface area contributed by atoms with Crippen molar-refractivity contribution in [2.75, 3.05) is 32.1 Å². The highest BCUT2D eigenvalue weighted by Gasteiger charge is 2.41. The second kappa shape index (κ2) is 17.4. The van der Waals surface area contributed by atoms with Crippen LogP contribution in [0.5, 0.6) is 5.75 Å². The van der Waals surface area contributed by atoms with E-state index in [-0.39, 0.29) is 47.8 Å². The van der Waals surface area contributed by atoms with Crippen LogP contribution in [0.4, 0.5) is 19.7 Å². The lowest BCUT2D eigenvalue weighted by Gasteiger charge is -2.33. The first-order chi connectivity index (χ1) is 30.1. The topological polar surface area (TPSA) is 200 Å². The minimum atomic E-state index is -1.16. The van der Waals surface area contributed by atoms with Crippen molar-refractivity contribution < 1.29 is 38.5 Å². The molecule has 3 aliphatic rings. The van der Waals surface area contributed by atoms with E-state index in [1.165, 1.54) is 26.3 Å². The van der Waals surface area contributed by atoms with Crippen molar-refractivity contribution in [3.05, 3.63) is 83.2 Å². The van der Waals surface area contributed by atoms with Crippen molar-refractivity contribution in [1.82, 2.24) is 40.0 Å². The molecule has 0 spiro atoms. The molecule has 6 atom stereocenters. The van der Waals surface area contributed by atoms with Gasteiger partial charge < -0.3 is 44.9 Å². The van der Waals surface area contributed by atoms with E-state index < -0.39 is 35.8 Å². The number of rotatable bonds is 11. The van der Waals surface area contributed by atoms with E-state index in [9.17, 15) is 29.4 Å². The highest BCUT2D eigenvalue weighted by Crippen LogP contribution is 2.48. The van der Waals surface area contributed by atoms with Crippen LogP contribution in [0.3, 0.4) is 0 Å². The number of likely N-dealkylation sites (N-methyl/N-ethyl adjacent to an activating group) is 1. The van der Waals surface area contributed by atoms with Gasteiger partial charge in [-0.15, -0.1) is 0 Å². The predicted molar refractivity (Wildman–Crippen MR) is 233 cm³/mol. The van der Waals surface area contributed by atoms with Crippen LogP contribution in [0.2, 0.25) is 0 Å². The van der Waals surface area contributed by atoms with E-state index in [0.29, 0.717) is 43.3 Å². The number of imidazole rings is 2. The van der Waals surface area contributed by atoms with Gasteiger partial charge in [0.2, 0.25) is 11.8 Å². The Morgan fingerprint density at radius 1 is 0.778 bits per heavy atom. The third kappa shape index (κ3) is 8.20. The van der Waals surface area contributed by atoms with E-state index in [2.05, 4.69) is 32.3 Å². The summed E-state index contributed by atoms with van der Waals surface area (Å²) in [6, 6.07) is 14.0. The van der Waals surface area contributed by atoms with Gasteiger partial charge in [0.25, 0.3) is 0 Å². The molecule has 3 aliphatic heterocycles. The van der Waals surface area contributed by atoms with Gasteiger partial charge in [0, 0.05) is 31.9 Å². The Morgan fingerprint density at radius 2 is 1.32 bits per heavy atom. The number of methoxy groups -OCH3 is 1. The molecule has 0 unspecified atom stereocenters. The first-order valence-electron chi connectivity index (χ1n) is 21.8. The lowest BCUT2D eigenvalue weighted by molar-refractivity contribution is -0.138. The fourth-order valence-electron chi connectivity index (χ4n) is 10.0. The van der Waals surface area contributed by atoms with Gasteiger partial charge in [-0.1, -0.05) is 39.8 Å². The van der Waals surface area contributed by atoms with Crippen molar-refractivity contribution in [3.63, 3.8) is 0 Å². The third-order valence-corrected chi connectivity index (χ3v) is 13.1. The molecule has 334 valence electrons. The smallest absolute Gasteiger partial charge is 0.407 e. The van der Waals surface area contributed by atoms with E-state index in [1.54, 1.807) is 15.9 Å². The Bertz CT molecular complexity index is 2540. The average molecular weight is 866 g/mol. The number of carbonyl (C=O) groups is 4. The van der Waals surface area contributed by atoms with Gasteiger partial charge in [-0.25, -0.2) is 23.9 Å². The lowest BCUT2D eigenvalue weighted by Crippen LogP contribution is -2.51. The number of halogens is 1. The summed E-state index contributed by atoms with van der Waals surface area (Å²) in [4.78, 5) is 75.3. The Morgan fingerprint density at radius 3 is 1.79 bits per heavy atom. The molecule has 17 heteroatoms. The normalized spacial score (nSPS) is 21.2. The zero-order valence-corrected chi connectivity index (χ0v) is 36.5. The predicted octanol–water partition coefficient (Wildman–Crippen LogP) is 7.71. The summed E-state index contributed by atoms with van der Waals surface area (Å²) < 4.78 is 19.9. The van der Waals surface area contributed by atoms with Crippen LogP contribution < -0.4 is 10.2 Å². The average Bonchev–Trinajstić information content (AvgIpc) is 4.11. The molecule has 4 amide bonds. The van der Waals surface area contributed by atoms with Gasteiger partial charge in [0.15, 0.2) is 11.6 Å². The number of hydrogen-bond acceptors (Lipinski definition) is 9. The second-order valence-electron chi connectivity index (χ2n) is 17.8. The summed E-state index contributed by atoms with van der Waals surface area (Å²) >= 11 is 0. The monoisotopic (exact) mass is 865 g/mol. The van der Waals surface area contributed by atoms with Crippen molar-refractivity contribution in [2.24, 2.45) is 11.8 Å². The molecule has 8 rings (SSSR count). The first kappa shape index (κ1) is 43.3. The summed E-state index contributed by atoms with van der Waals surface area (Å²) in [5.41, 5.74) is 5.64. The van der Waals surface area contributed by atoms with Crippen LogP contribution in [0, 0.1) is 17.7 Å². The molecule has 0 aliphatic carbocycles. The van der Waals surface area contributed by atoms with Crippen molar-refractivity contribution in [3.8, 4) is 5.75 Å². The molecular weight excluding hydrogens is 810 g/mol. The molecule has 63 heavy (non-hydrogen) atoms. The Balaban J connectivity index is 1.08. The standard InChI is InChI=1S/C46H56FN9O7/c1-24(2)39(52-45(60)63-6)43(58)54-19-7-9-36(54)41-48-30-14-11-26(21-32(30)50-41)34-16-17-35(56(34)28-13-18-38(57)29(47)23-28)27-12-15-31-33(22-27)51-42(49-31)37-10-8-20-55(37)44(59)40(25(3)4)53(5)46(61)62/h11-15,18,21-25,34-37,39-40,57H,7-10,16-17,19-20H2,1-6H3,(H,48,50)(H,49,51)(H,52,60)(H,61,62)/t34-,35-,36+,37+,39+,40+/m1/s1. The molecule has 2 aromatic heterocycles. The number of amides is 4. The Kier molecular flexibility index (Phi) is 12.0. The number of phenolic OH excluding ortho intramolecular Hbond substituents is 1. The van der Waals surface area contributed by atoms with Gasteiger partial charge >= 0.3 is 12.2 Å². The summed E-state index contributed by atoms with van der Waals surface area (Å²) in [6.07, 6.45) is 2.62. The van der Waals surface area contributed by atoms with E-state index in [0.717, 1.165) is 63.8 Å². The molecule has 3 fully saturated rings. The summed E-state index contributed by atoms with van der Waals surface area (Å²) in [5, 5.41) is 22.6. The van der Waals surface area contributed by atoms with E-state index >= 15 is 4.39 Å². The van der Waals surface area contributed by atoms with Crippen LogP contribution in [-0.4, -0.2) is 108 Å². The maximum absolute atomic E-state index is 15.1. The molecule has 0 saturated carbocycles. The SMILES string of the molecule is COC(=O)N[C@H](C(=O)N1CCC[C@H]1c1nc2ccc([C@H]3CC[C@H](c4ccc5nc([C@@H]6CCCN6C(=O)[C@H](C(C)C)N(C)C(=O)O)[nH]c5c4)N3c3ccc(O)c(F)c3)cc2[nH]1)C(C)C. The number of hydrogen-bond donors (Lipinski definition) is 5. The summed E-state index contributed by atoms with van der Waals surface area (Å²) in [6.45, 7) is 8.49. The zero-order chi connectivity index (χ0) is 44.9. The molecule has 16 nitrogen and oxygen atoms in total. The van der Waals surface area contributed by atoms with Gasteiger partial charge in [-0.05, 0) is 97.9 Å². The largest absolute Gasteiger partial charge is 0.505 e. The Labute approximate surface area is 364 Å². The highest BCUT2D eigenvalue weighted by molar-refractivity contribution is 5.87. The second-order valence-corrected chi connectivity index (χ2v) is 17.8. The quantitative estimate of drug-likeness (QED) is 0.0876. The number of nitrogens with zero attached hydrogens (tertiary/aromatic N) is 6. The molecule has 5 aromatic rings. The number of aromatic hydroxyl groups is 1. The van der Waals surface area contributed by atoms with Crippen LogP contribution in [0.25, 0.3) is 22.1 Å². The number of phenols is 1. The molecular formula is C46H56FN9O7. The molecule has 5 heterocycles. The molecule has 3 saturated heterocycles. The number of ether oxygens (including phenoxy) is 1. The number of aromatic amines is 2. The molecule has 5 N–H and O–H groups in total. The first-order valence-corrected chi connectivity index (χ1v) is 21.8. The number of fused-ring (bicyclic) bond motifs is 2.